The van der Waals surface area contributed by atoms with Gasteiger partial charge in [-0.1, -0.05) is 25.1 Å². The molecule has 1 saturated heterocycles. The number of pyridine rings is 1. The molecule has 26 heavy (non-hydrogen) atoms. The van der Waals surface area contributed by atoms with Gasteiger partial charge in [-0.15, -0.1) is 0 Å². The van der Waals surface area contributed by atoms with Crippen molar-refractivity contribution in [1.82, 2.24) is 4.98 Å². The third-order valence-electron chi connectivity index (χ3n) is 4.72. The molecule has 0 atom stereocenters. The van der Waals surface area contributed by atoms with Gasteiger partial charge in [0.15, 0.2) is 5.96 Å². The molecule has 0 spiro atoms. The van der Waals surface area contributed by atoms with Gasteiger partial charge in [0.2, 0.25) is 0 Å². The molecule has 1 fully saturated rings. The normalized spacial score (nSPS) is 15.8. The summed E-state index contributed by atoms with van der Waals surface area (Å²) in [6.07, 6.45) is 4.35. The Balaban J connectivity index is 1.57. The lowest BCUT2D eigenvalue weighted by atomic mass is 9.99. The van der Waals surface area contributed by atoms with Gasteiger partial charge in [-0.3, -0.25) is 0 Å². The molecule has 1 aliphatic heterocycles. The topological polar surface area (TPSA) is 75.8 Å². The van der Waals surface area contributed by atoms with E-state index < -0.39 is 0 Å². The summed E-state index contributed by atoms with van der Waals surface area (Å²) < 4.78 is 5.30. The van der Waals surface area contributed by atoms with Gasteiger partial charge in [0.05, 0.1) is 19.3 Å². The fourth-order valence-corrected chi connectivity index (χ4v) is 3.04. The van der Waals surface area contributed by atoms with Crippen LogP contribution in [0.3, 0.4) is 0 Å². The summed E-state index contributed by atoms with van der Waals surface area (Å²) in [6, 6.07) is 11.7. The highest BCUT2D eigenvalue weighted by molar-refractivity contribution is 5.93. The summed E-state index contributed by atoms with van der Waals surface area (Å²) >= 11 is 0. The van der Waals surface area contributed by atoms with E-state index in [1.807, 2.05) is 30.5 Å². The second-order valence-corrected chi connectivity index (χ2v) is 6.72. The fraction of sp³-hybridized carbons (Fsp3) is 0.400. The Hall–Kier alpha value is -2.76. The number of anilines is 2. The second-order valence-electron chi connectivity index (χ2n) is 6.72. The van der Waals surface area contributed by atoms with Crippen LogP contribution in [-0.4, -0.2) is 31.1 Å². The number of hydrogen-bond donors (Lipinski definition) is 2. The van der Waals surface area contributed by atoms with E-state index in [2.05, 4.69) is 39.2 Å². The van der Waals surface area contributed by atoms with Crippen LogP contribution in [0.1, 0.15) is 25.3 Å². The highest BCUT2D eigenvalue weighted by Gasteiger charge is 2.16. The maximum Gasteiger partial charge on any atom is 0.193 e. The van der Waals surface area contributed by atoms with Crippen LogP contribution < -0.4 is 20.7 Å². The predicted octanol–water partition coefficient (Wildman–Crippen LogP) is 3.25. The summed E-state index contributed by atoms with van der Waals surface area (Å²) in [5, 5.41) is 3.07. The van der Waals surface area contributed by atoms with Crippen LogP contribution in [0.15, 0.2) is 47.6 Å². The van der Waals surface area contributed by atoms with Crippen molar-refractivity contribution in [2.75, 3.05) is 30.4 Å². The number of nitrogens with one attached hydrogen (secondary N) is 1. The van der Waals surface area contributed by atoms with Gasteiger partial charge in [0.1, 0.15) is 11.6 Å². The van der Waals surface area contributed by atoms with Crippen molar-refractivity contribution in [1.29, 1.82) is 0 Å². The van der Waals surface area contributed by atoms with Crippen molar-refractivity contribution < 1.29 is 4.74 Å². The minimum atomic E-state index is 0.351. The number of hydrogen-bond acceptors (Lipinski definition) is 4. The first-order chi connectivity index (χ1) is 12.7. The molecule has 0 amide bonds. The van der Waals surface area contributed by atoms with Gasteiger partial charge in [0.25, 0.3) is 0 Å². The molecule has 138 valence electrons. The summed E-state index contributed by atoms with van der Waals surface area (Å²) in [4.78, 5) is 11.3. The van der Waals surface area contributed by atoms with Gasteiger partial charge in [0, 0.05) is 19.3 Å². The summed E-state index contributed by atoms with van der Waals surface area (Å²) in [6.45, 7) is 4.97. The van der Waals surface area contributed by atoms with E-state index >= 15 is 0 Å². The van der Waals surface area contributed by atoms with Gasteiger partial charge < -0.3 is 20.7 Å². The number of piperidine rings is 1. The van der Waals surface area contributed by atoms with E-state index in [4.69, 9.17) is 10.5 Å². The van der Waals surface area contributed by atoms with Crippen LogP contribution in [0, 0.1) is 5.92 Å². The molecule has 3 N–H and O–H groups in total. The van der Waals surface area contributed by atoms with E-state index in [9.17, 15) is 0 Å². The molecule has 0 radical (unpaired) electrons. The molecule has 3 rings (SSSR count). The van der Waals surface area contributed by atoms with Gasteiger partial charge in [-0.05, 0) is 42.5 Å². The molecule has 2 aromatic rings. The largest absolute Gasteiger partial charge is 0.495 e. The molecular formula is C20H27N5O. The zero-order valence-electron chi connectivity index (χ0n) is 15.5. The first kappa shape index (κ1) is 18.0. The Morgan fingerprint density at radius 3 is 2.73 bits per heavy atom. The Labute approximate surface area is 155 Å². The number of benzene rings is 1. The molecule has 0 bridgehead atoms. The number of methoxy groups -OCH3 is 1. The van der Waals surface area contributed by atoms with Crippen molar-refractivity contribution in [2.24, 2.45) is 16.6 Å². The van der Waals surface area contributed by atoms with E-state index in [0.29, 0.717) is 12.5 Å². The van der Waals surface area contributed by atoms with Crippen molar-refractivity contribution in [3.05, 3.63) is 48.2 Å². The Morgan fingerprint density at radius 1 is 1.27 bits per heavy atom. The Kier molecular flexibility index (Phi) is 5.94. The first-order valence-corrected chi connectivity index (χ1v) is 9.05. The Morgan fingerprint density at radius 2 is 2.04 bits per heavy atom. The lowest BCUT2D eigenvalue weighted by Gasteiger charge is -2.31. The quantitative estimate of drug-likeness (QED) is 0.637. The van der Waals surface area contributed by atoms with Crippen LogP contribution in [0.4, 0.5) is 11.5 Å². The zero-order chi connectivity index (χ0) is 18.4. The summed E-state index contributed by atoms with van der Waals surface area (Å²) in [5.41, 5.74) is 7.82. The average Bonchev–Trinajstić information content (AvgIpc) is 2.68. The summed E-state index contributed by atoms with van der Waals surface area (Å²) in [5.74, 6) is 2.94. The van der Waals surface area contributed by atoms with Crippen molar-refractivity contribution >= 4 is 17.5 Å². The van der Waals surface area contributed by atoms with Crippen molar-refractivity contribution in [3.63, 3.8) is 0 Å². The lowest BCUT2D eigenvalue weighted by molar-refractivity contribution is 0.417. The molecule has 0 aliphatic carbocycles. The minimum absolute atomic E-state index is 0.351. The van der Waals surface area contributed by atoms with Gasteiger partial charge in [-0.25, -0.2) is 9.98 Å². The van der Waals surface area contributed by atoms with Crippen molar-refractivity contribution in [3.8, 4) is 5.75 Å². The first-order valence-electron chi connectivity index (χ1n) is 9.05. The fourth-order valence-electron chi connectivity index (χ4n) is 3.04. The monoisotopic (exact) mass is 353 g/mol. The smallest absolute Gasteiger partial charge is 0.193 e. The molecule has 6 heteroatoms. The molecule has 0 unspecified atom stereocenters. The average molecular weight is 353 g/mol. The summed E-state index contributed by atoms with van der Waals surface area (Å²) in [7, 11) is 1.63. The highest BCUT2D eigenvalue weighted by Crippen LogP contribution is 2.23. The maximum absolute atomic E-state index is 5.99. The van der Waals surface area contributed by atoms with E-state index in [1.54, 1.807) is 7.11 Å². The molecule has 1 aromatic heterocycles. The van der Waals surface area contributed by atoms with Crippen LogP contribution in [0.25, 0.3) is 0 Å². The molecular weight excluding hydrogens is 326 g/mol. The van der Waals surface area contributed by atoms with Crippen LogP contribution in [0.2, 0.25) is 0 Å². The number of para-hydroxylation sites is 2. The molecule has 1 aliphatic rings. The number of nitrogens with two attached hydrogens (primary N) is 1. The zero-order valence-corrected chi connectivity index (χ0v) is 15.5. The van der Waals surface area contributed by atoms with Gasteiger partial charge in [-0.2, -0.15) is 0 Å². The SMILES string of the molecule is COc1ccccc1NC(N)=NCc1ccc(N2CCC(C)CC2)nc1. The number of aromatic nitrogens is 1. The highest BCUT2D eigenvalue weighted by atomic mass is 16.5. The second kappa shape index (κ2) is 8.56. The third kappa shape index (κ3) is 4.65. The van der Waals surface area contributed by atoms with Crippen LogP contribution in [0.5, 0.6) is 5.75 Å². The van der Waals surface area contributed by atoms with E-state index in [1.165, 1.54) is 12.8 Å². The van der Waals surface area contributed by atoms with Crippen LogP contribution >= 0.6 is 0 Å². The van der Waals surface area contributed by atoms with E-state index in [0.717, 1.165) is 41.8 Å². The predicted molar refractivity (Wildman–Crippen MR) is 107 cm³/mol. The number of ether oxygens (including phenoxy) is 1. The number of aliphatic imine (C=N–C) groups is 1. The molecule has 1 aromatic carbocycles. The third-order valence-corrected chi connectivity index (χ3v) is 4.72. The van der Waals surface area contributed by atoms with Crippen molar-refractivity contribution in [2.45, 2.75) is 26.3 Å². The number of guanidine groups is 1. The molecule has 6 nitrogen and oxygen atoms in total. The van der Waals surface area contributed by atoms with Gasteiger partial charge >= 0.3 is 0 Å². The Bertz CT molecular complexity index is 736. The number of rotatable bonds is 5. The number of nitrogens with zero attached hydrogens (tertiary/aromatic N) is 3. The molecule has 2 heterocycles. The maximum atomic E-state index is 5.99. The molecule has 0 saturated carbocycles. The standard InChI is InChI=1S/C20H27N5O/c1-15-9-11-25(12-10-15)19-8-7-16(13-22-19)14-23-20(21)24-17-5-3-4-6-18(17)26-2/h3-8,13,15H,9-12,14H2,1-2H3,(H3,21,23,24). The lowest BCUT2D eigenvalue weighted by Crippen LogP contribution is -2.33. The minimum Gasteiger partial charge on any atom is -0.495 e. The van der Waals surface area contributed by atoms with Crippen LogP contribution in [-0.2, 0) is 6.54 Å². The van der Waals surface area contributed by atoms with E-state index in [-0.39, 0.29) is 0 Å².